The Morgan fingerprint density at radius 1 is 1.40 bits per heavy atom. The van der Waals surface area contributed by atoms with Crippen LogP contribution in [-0.4, -0.2) is 5.91 Å². The van der Waals surface area contributed by atoms with E-state index in [1.54, 1.807) is 0 Å². The van der Waals surface area contributed by atoms with E-state index in [0.717, 1.165) is 18.4 Å². The number of carbonyl (C=O) groups excluding carboxylic acids is 1. The summed E-state index contributed by atoms with van der Waals surface area (Å²) in [6.07, 6.45) is 1.70. The molecule has 1 aliphatic carbocycles. The Bertz CT molecular complexity index is 497. The molecule has 3 rings (SSSR count). The summed E-state index contributed by atoms with van der Waals surface area (Å²) in [6, 6.07) is 1.41. The highest BCUT2D eigenvalue weighted by atomic mass is 79.9. The molecule has 0 aromatic heterocycles. The minimum Gasteiger partial charge on any atom is -0.324 e. The van der Waals surface area contributed by atoms with Gasteiger partial charge in [-0.25, -0.2) is 4.39 Å². The van der Waals surface area contributed by atoms with E-state index < -0.39 is 0 Å². The van der Waals surface area contributed by atoms with Gasteiger partial charge in [0, 0.05) is 10.0 Å². The Morgan fingerprint density at radius 2 is 2.07 bits per heavy atom. The van der Waals surface area contributed by atoms with Gasteiger partial charge in [-0.15, -0.1) is 0 Å². The first-order chi connectivity index (χ1) is 7.06. The highest BCUT2D eigenvalue weighted by Gasteiger charge is 2.57. The first-order valence-electron chi connectivity index (χ1n) is 4.56. The zero-order valence-electron chi connectivity index (χ0n) is 7.53. The zero-order chi connectivity index (χ0) is 10.8. The van der Waals surface area contributed by atoms with Gasteiger partial charge in [0.25, 0.3) is 0 Å². The molecule has 0 unspecified atom stereocenters. The van der Waals surface area contributed by atoms with Gasteiger partial charge in [0.1, 0.15) is 5.82 Å². The maximum absolute atomic E-state index is 13.4. The fourth-order valence-corrected chi connectivity index (χ4v) is 3.32. The maximum Gasteiger partial charge on any atom is 0.235 e. The lowest BCUT2D eigenvalue weighted by atomic mass is 9.98. The van der Waals surface area contributed by atoms with E-state index in [1.807, 2.05) is 0 Å². The number of amides is 1. The molecule has 1 aromatic rings. The summed E-state index contributed by atoms with van der Waals surface area (Å²) >= 11 is 6.48. The average Bonchev–Trinajstić information content (AvgIpc) is 2.88. The van der Waals surface area contributed by atoms with Crippen LogP contribution in [0.2, 0.25) is 0 Å². The average molecular weight is 335 g/mol. The van der Waals surface area contributed by atoms with Crippen LogP contribution >= 0.6 is 31.9 Å². The topological polar surface area (TPSA) is 29.1 Å². The van der Waals surface area contributed by atoms with E-state index in [9.17, 15) is 9.18 Å². The van der Waals surface area contributed by atoms with Crippen LogP contribution in [0.1, 0.15) is 18.4 Å². The van der Waals surface area contributed by atoms with Crippen molar-refractivity contribution in [3.8, 4) is 0 Å². The molecule has 2 nitrogen and oxygen atoms in total. The molecule has 15 heavy (non-hydrogen) atoms. The summed E-state index contributed by atoms with van der Waals surface area (Å²) in [4.78, 5) is 11.8. The van der Waals surface area contributed by atoms with E-state index in [4.69, 9.17) is 0 Å². The third-order valence-corrected chi connectivity index (χ3v) is 4.47. The largest absolute Gasteiger partial charge is 0.324 e. The fourth-order valence-electron chi connectivity index (χ4n) is 2.13. The Labute approximate surface area is 102 Å². The second-order valence-electron chi connectivity index (χ2n) is 3.94. The van der Waals surface area contributed by atoms with Gasteiger partial charge in [0.15, 0.2) is 0 Å². The number of rotatable bonds is 0. The number of fused-ring (bicyclic) bond motifs is 2. The molecule has 1 saturated carbocycles. The SMILES string of the molecule is O=C1Nc2c(Br)c(F)cc(Br)c2C12CC2. The molecule has 1 aliphatic heterocycles. The van der Waals surface area contributed by atoms with Crippen molar-refractivity contribution in [1.82, 2.24) is 0 Å². The van der Waals surface area contributed by atoms with Crippen molar-refractivity contribution in [2.24, 2.45) is 0 Å². The van der Waals surface area contributed by atoms with Gasteiger partial charge in [-0.1, -0.05) is 15.9 Å². The maximum atomic E-state index is 13.4. The number of halogens is 3. The van der Waals surface area contributed by atoms with Crippen molar-refractivity contribution in [2.45, 2.75) is 18.3 Å². The van der Waals surface area contributed by atoms with Gasteiger partial charge in [-0.3, -0.25) is 4.79 Å². The minimum atomic E-state index is -0.385. The number of nitrogens with one attached hydrogen (secondary N) is 1. The third-order valence-electron chi connectivity index (χ3n) is 3.07. The summed E-state index contributed by atoms with van der Waals surface area (Å²) in [5.41, 5.74) is 1.11. The molecule has 1 fully saturated rings. The fraction of sp³-hybridized carbons (Fsp3) is 0.300. The third kappa shape index (κ3) is 1.11. The molecule has 5 heteroatoms. The smallest absolute Gasteiger partial charge is 0.235 e. The number of carbonyl (C=O) groups is 1. The molecule has 78 valence electrons. The normalized spacial score (nSPS) is 20.3. The lowest BCUT2D eigenvalue weighted by Gasteiger charge is -2.08. The van der Waals surface area contributed by atoms with Gasteiger partial charge in [-0.05, 0) is 34.8 Å². The van der Waals surface area contributed by atoms with E-state index in [1.165, 1.54) is 6.07 Å². The lowest BCUT2D eigenvalue weighted by molar-refractivity contribution is -0.117. The van der Waals surface area contributed by atoms with Crippen LogP contribution < -0.4 is 5.32 Å². The number of benzene rings is 1. The molecule has 1 aromatic carbocycles. The van der Waals surface area contributed by atoms with Gasteiger partial charge < -0.3 is 5.32 Å². The first kappa shape index (κ1) is 9.78. The van der Waals surface area contributed by atoms with Crippen LogP contribution in [0.4, 0.5) is 10.1 Å². The summed E-state index contributed by atoms with van der Waals surface area (Å²) in [5, 5.41) is 2.74. The number of hydrogen-bond donors (Lipinski definition) is 1. The predicted molar refractivity (Wildman–Crippen MR) is 61.3 cm³/mol. The van der Waals surface area contributed by atoms with Gasteiger partial charge in [0.05, 0.1) is 15.6 Å². The Balaban J connectivity index is 2.34. The van der Waals surface area contributed by atoms with Gasteiger partial charge in [0.2, 0.25) is 5.91 Å². The number of hydrogen-bond acceptors (Lipinski definition) is 1. The van der Waals surface area contributed by atoms with Crippen LogP contribution in [0.25, 0.3) is 0 Å². The molecular weight excluding hydrogens is 329 g/mol. The molecule has 1 heterocycles. The highest BCUT2D eigenvalue weighted by Crippen LogP contribution is 2.59. The quantitative estimate of drug-likeness (QED) is 0.724. The summed E-state index contributed by atoms with van der Waals surface area (Å²) in [5.74, 6) is -0.372. The van der Waals surface area contributed by atoms with Crippen LogP contribution in [0, 0.1) is 5.82 Å². The molecule has 0 atom stereocenters. The highest BCUT2D eigenvalue weighted by molar-refractivity contribution is 9.11. The van der Waals surface area contributed by atoms with E-state index in [2.05, 4.69) is 37.2 Å². The molecule has 1 N–H and O–H groups in total. The molecule has 0 saturated heterocycles. The molecule has 1 amide bonds. The van der Waals surface area contributed by atoms with Crippen molar-refractivity contribution < 1.29 is 9.18 Å². The van der Waals surface area contributed by atoms with Crippen molar-refractivity contribution in [3.05, 3.63) is 26.4 Å². The molecule has 1 spiro atoms. The van der Waals surface area contributed by atoms with E-state index in [0.29, 0.717) is 14.6 Å². The summed E-state index contributed by atoms with van der Waals surface area (Å²) in [7, 11) is 0. The lowest BCUT2D eigenvalue weighted by Crippen LogP contribution is -2.18. The van der Waals surface area contributed by atoms with Crippen LogP contribution in [0.15, 0.2) is 15.0 Å². The standard InChI is InChI=1S/C10H6Br2FNO/c11-4-3-5(13)7(12)8-6(4)10(1-2-10)9(15)14-8/h3H,1-2H2,(H,14,15). The van der Waals surface area contributed by atoms with Crippen molar-refractivity contribution in [3.63, 3.8) is 0 Å². The van der Waals surface area contributed by atoms with Gasteiger partial charge in [-0.2, -0.15) is 0 Å². The second-order valence-corrected chi connectivity index (χ2v) is 5.59. The molecule has 0 radical (unpaired) electrons. The van der Waals surface area contributed by atoms with E-state index >= 15 is 0 Å². The van der Waals surface area contributed by atoms with E-state index in [-0.39, 0.29) is 17.1 Å². The first-order valence-corrected chi connectivity index (χ1v) is 6.14. The van der Waals surface area contributed by atoms with Crippen LogP contribution in [-0.2, 0) is 10.2 Å². The molecular formula is C10H6Br2FNO. The predicted octanol–water partition coefficient (Wildman–Crippen LogP) is 3.33. The van der Waals surface area contributed by atoms with Crippen LogP contribution in [0.3, 0.4) is 0 Å². The summed E-state index contributed by atoms with van der Waals surface area (Å²) in [6.45, 7) is 0. The van der Waals surface area contributed by atoms with Crippen LogP contribution in [0.5, 0.6) is 0 Å². The Morgan fingerprint density at radius 3 is 2.67 bits per heavy atom. The van der Waals surface area contributed by atoms with Gasteiger partial charge >= 0.3 is 0 Å². The van der Waals surface area contributed by atoms with Crippen molar-refractivity contribution in [1.29, 1.82) is 0 Å². The Kier molecular flexibility index (Phi) is 1.84. The van der Waals surface area contributed by atoms with Crippen molar-refractivity contribution >= 4 is 43.5 Å². The minimum absolute atomic E-state index is 0.00972. The molecule has 2 aliphatic rings. The summed E-state index contributed by atoms with van der Waals surface area (Å²) < 4.78 is 14.4. The Hall–Kier alpha value is -0.420. The second kappa shape index (κ2) is 2.83. The molecule has 0 bridgehead atoms. The monoisotopic (exact) mass is 333 g/mol. The number of anilines is 1. The zero-order valence-corrected chi connectivity index (χ0v) is 10.7. The van der Waals surface area contributed by atoms with Crippen molar-refractivity contribution in [2.75, 3.05) is 5.32 Å².